The Morgan fingerprint density at radius 3 is 2.44 bits per heavy atom. The van der Waals surface area contributed by atoms with Crippen LogP contribution in [0.3, 0.4) is 0 Å². The summed E-state index contributed by atoms with van der Waals surface area (Å²) >= 11 is 0. The lowest BCUT2D eigenvalue weighted by Gasteiger charge is -2.15. The number of halogens is 3. The fourth-order valence-electron chi connectivity index (χ4n) is 3.09. The van der Waals surface area contributed by atoms with Gasteiger partial charge in [-0.25, -0.2) is 0 Å². The number of methoxy groups -OCH3 is 1. The molecule has 0 saturated carbocycles. The highest BCUT2D eigenvalue weighted by Crippen LogP contribution is 2.30. The number of ether oxygens (including phenoxy) is 3. The number of nitrogens with zero attached hydrogens (tertiary/aromatic N) is 1. The van der Waals surface area contributed by atoms with Gasteiger partial charge in [0.1, 0.15) is 18.1 Å². The fraction of sp³-hybridized carbons (Fsp3) is 0.304. The summed E-state index contributed by atoms with van der Waals surface area (Å²) in [4.78, 5) is 12.5. The van der Waals surface area contributed by atoms with Crippen LogP contribution >= 0.6 is 0 Å². The summed E-state index contributed by atoms with van der Waals surface area (Å²) < 4.78 is 56.8. The van der Waals surface area contributed by atoms with Gasteiger partial charge in [-0.2, -0.15) is 0 Å². The first-order valence-corrected chi connectivity index (χ1v) is 10.1. The monoisotopic (exact) mass is 480 g/mol. The Hall–Kier alpha value is -3.73. The zero-order chi connectivity index (χ0) is 24.9. The summed E-state index contributed by atoms with van der Waals surface area (Å²) in [5, 5.41) is 16.7. The number of carbonyl (C=O) groups is 1. The largest absolute Gasteiger partial charge is 0.573 e. The Balaban J connectivity index is 1.59. The molecule has 1 heterocycles. The van der Waals surface area contributed by atoms with E-state index in [9.17, 15) is 23.1 Å². The molecule has 1 unspecified atom stereocenters. The number of carbonyl (C=O) groups excluding carboxylic acids is 1. The molecule has 8 nitrogen and oxygen atoms in total. The van der Waals surface area contributed by atoms with Crippen LogP contribution in [0.25, 0.3) is 0 Å². The lowest BCUT2D eigenvalue weighted by Crippen LogP contribution is -2.28. The van der Waals surface area contributed by atoms with E-state index in [-0.39, 0.29) is 18.7 Å². The molecular formula is C23H23F3N2O6. The maximum atomic E-state index is 12.5. The van der Waals surface area contributed by atoms with Gasteiger partial charge in [-0.05, 0) is 49.7 Å². The lowest BCUT2D eigenvalue weighted by atomic mass is 10.1. The molecule has 0 spiro atoms. The van der Waals surface area contributed by atoms with Crippen molar-refractivity contribution in [3.8, 4) is 17.2 Å². The van der Waals surface area contributed by atoms with Crippen molar-refractivity contribution in [2.75, 3.05) is 13.7 Å². The SMILES string of the molecule is COc1cc(C(=O)NCC(O)c2ccc(OC(F)(F)F)cc2)ccc1OCc1c(C)noc1C. The molecule has 2 aromatic carbocycles. The summed E-state index contributed by atoms with van der Waals surface area (Å²) in [6, 6.07) is 9.35. The van der Waals surface area contributed by atoms with Gasteiger partial charge in [0.05, 0.1) is 24.5 Å². The number of hydrogen-bond donors (Lipinski definition) is 2. The Labute approximate surface area is 193 Å². The van der Waals surface area contributed by atoms with E-state index >= 15 is 0 Å². The molecule has 34 heavy (non-hydrogen) atoms. The third kappa shape index (κ3) is 6.41. The van der Waals surface area contributed by atoms with Gasteiger partial charge in [0.25, 0.3) is 5.91 Å². The second-order valence-electron chi connectivity index (χ2n) is 7.30. The van der Waals surface area contributed by atoms with Crippen LogP contribution in [0.4, 0.5) is 13.2 Å². The van der Waals surface area contributed by atoms with Crippen LogP contribution in [0.5, 0.6) is 17.2 Å². The molecule has 2 N–H and O–H groups in total. The number of alkyl halides is 3. The van der Waals surface area contributed by atoms with E-state index in [0.717, 1.165) is 17.7 Å². The van der Waals surface area contributed by atoms with Crippen LogP contribution in [-0.4, -0.2) is 36.2 Å². The number of aliphatic hydroxyl groups is 1. The molecule has 0 bridgehead atoms. The van der Waals surface area contributed by atoms with Gasteiger partial charge in [0.2, 0.25) is 0 Å². The van der Waals surface area contributed by atoms with E-state index in [1.165, 1.54) is 31.4 Å². The number of amides is 1. The number of aromatic nitrogens is 1. The Kier molecular flexibility index (Phi) is 7.67. The highest BCUT2D eigenvalue weighted by Gasteiger charge is 2.31. The molecule has 1 amide bonds. The quantitative estimate of drug-likeness (QED) is 0.472. The molecule has 1 atom stereocenters. The normalized spacial score (nSPS) is 12.2. The summed E-state index contributed by atoms with van der Waals surface area (Å²) in [6.07, 6.45) is -5.94. The number of aryl methyl sites for hydroxylation is 2. The molecule has 11 heteroatoms. The molecule has 0 radical (unpaired) electrons. The second kappa shape index (κ2) is 10.5. The molecule has 3 aromatic rings. The predicted molar refractivity (Wildman–Crippen MR) is 114 cm³/mol. The van der Waals surface area contributed by atoms with E-state index in [0.29, 0.717) is 28.5 Å². The average Bonchev–Trinajstić information content (AvgIpc) is 3.12. The molecule has 0 saturated heterocycles. The van der Waals surface area contributed by atoms with E-state index in [2.05, 4.69) is 15.2 Å². The third-order valence-corrected chi connectivity index (χ3v) is 4.93. The highest BCUT2D eigenvalue weighted by molar-refractivity contribution is 5.94. The molecule has 0 fully saturated rings. The lowest BCUT2D eigenvalue weighted by molar-refractivity contribution is -0.274. The van der Waals surface area contributed by atoms with Crippen LogP contribution < -0.4 is 19.5 Å². The molecule has 182 valence electrons. The average molecular weight is 480 g/mol. The standard InChI is InChI=1S/C23H23F3N2O6/c1-13-18(14(2)34-28-13)12-32-20-9-6-16(10-21(20)31-3)22(30)27-11-19(29)15-4-7-17(8-5-15)33-23(24,25)26/h4-10,19,29H,11-12H2,1-3H3,(H,27,30). The molecule has 0 aliphatic heterocycles. The van der Waals surface area contributed by atoms with E-state index in [1.54, 1.807) is 19.9 Å². The summed E-state index contributed by atoms with van der Waals surface area (Å²) in [6.45, 7) is 3.63. The zero-order valence-corrected chi connectivity index (χ0v) is 18.6. The summed E-state index contributed by atoms with van der Waals surface area (Å²) in [5.41, 5.74) is 2.11. The number of rotatable bonds is 9. The summed E-state index contributed by atoms with van der Waals surface area (Å²) in [7, 11) is 1.44. The Morgan fingerprint density at radius 1 is 1.15 bits per heavy atom. The van der Waals surface area contributed by atoms with Gasteiger partial charge in [-0.1, -0.05) is 17.3 Å². The minimum absolute atomic E-state index is 0.162. The Morgan fingerprint density at radius 2 is 1.85 bits per heavy atom. The molecule has 0 aliphatic carbocycles. The van der Waals surface area contributed by atoms with Crippen LogP contribution in [0.1, 0.15) is 39.0 Å². The van der Waals surface area contributed by atoms with E-state index in [4.69, 9.17) is 14.0 Å². The topological polar surface area (TPSA) is 103 Å². The van der Waals surface area contributed by atoms with Crippen LogP contribution in [0, 0.1) is 13.8 Å². The molecular weight excluding hydrogens is 457 g/mol. The third-order valence-electron chi connectivity index (χ3n) is 4.93. The maximum Gasteiger partial charge on any atom is 0.573 e. The highest BCUT2D eigenvalue weighted by atomic mass is 19.4. The van der Waals surface area contributed by atoms with E-state index in [1.807, 2.05) is 0 Å². The minimum atomic E-state index is -4.80. The van der Waals surface area contributed by atoms with Crippen molar-refractivity contribution in [3.63, 3.8) is 0 Å². The number of nitrogens with one attached hydrogen (secondary N) is 1. The first kappa shape index (κ1) is 24.9. The molecule has 3 rings (SSSR count). The van der Waals surface area contributed by atoms with Gasteiger partial charge in [-0.3, -0.25) is 4.79 Å². The van der Waals surface area contributed by atoms with Crippen molar-refractivity contribution in [1.82, 2.24) is 10.5 Å². The van der Waals surface area contributed by atoms with Crippen LogP contribution in [0.2, 0.25) is 0 Å². The number of aliphatic hydroxyl groups excluding tert-OH is 1. The minimum Gasteiger partial charge on any atom is -0.493 e. The van der Waals surface area contributed by atoms with Crippen molar-refractivity contribution >= 4 is 5.91 Å². The van der Waals surface area contributed by atoms with Crippen molar-refractivity contribution in [3.05, 3.63) is 70.6 Å². The van der Waals surface area contributed by atoms with Crippen molar-refractivity contribution in [1.29, 1.82) is 0 Å². The zero-order valence-electron chi connectivity index (χ0n) is 18.6. The first-order chi connectivity index (χ1) is 16.1. The number of benzene rings is 2. The fourth-order valence-corrected chi connectivity index (χ4v) is 3.09. The summed E-state index contributed by atoms with van der Waals surface area (Å²) in [5.74, 6) is 0.511. The molecule has 0 aliphatic rings. The van der Waals surface area contributed by atoms with Gasteiger partial charge >= 0.3 is 6.36 Å². The smallest absolute Gasteiger partial charge is 0.493 e. The van der Waals surface area contributed by atoms with Crippen LogP contribution in [0.15, 0.2) is 47.0 Å². The van der Waals surface area contributed by atoms with Gasteiger partial charge < -0.3 is 29.2 Å². The van der Waals surface area contributed by atoms with Gasteiger partial charge in [0.15, 0.2) is 11.5 Å². The van der Waals surface area contributed by atoms with Gasteiger partial charge in [-0.15, -0.1) is 13.2 Å². The van der Waals surface area contributed by atoms with Crippen molar-refractivity contribution in [2.24, 2.45) is 0 Å². The molecule has 1 aromatic heterocycles. The van der Waals surface area contributed by atoms with Crippen molar-refractivity contribution < 1.29 is 41.8 Å². The van der Waals surface area contributed by atoms with Crippen LogP contribution in [-0.2, 0) is 6.61 Å². The maximum absolute atomic E-state index is 12.5. The van der Waals surface area contributed by atoms with Gasteiger partial charge in [0, 0.05) is 12.1 Å². The van der Waals surface area contributed by atoms with E-state index < -0.39 is 24.1 Å². The Bertz CT molecular complexity index is 1110. The first-order valence-electron chi connectivity index (χ1n) is 10.1. The second-order valence-corrected chi connectivity index (χ2v) is 7.30. The predicted octanol–water partition coefficient (Wildman–Crippen LogP) is 4.24. The number of hydrogen-bond acceptors (Lipinski definition) is 7. The van der Waals surface area contributed by atoms with Crippen molar-refractivity contribution in [2.45, 2.75) is 32.9 Å².